The maximum atomic E-state index is 14.1. The van der Waals surface area contributed by atoms with E-state index in [4.69, 9.17) is 0 Å². The number of anilines is 1. The first-order chi connectivity index (χ1) is 14.2. The van der Waals surface area contributed by atoms with Crippen LogP contribution in [0.5, 0.6) is 0 Å². The van der Waals surface area contributed by atoms with Crippen LogP contribution >= 0.6 is 11.3 Å². The molecule has 1 amide bonds. The molecule has 0 aliphatic rings. The third-order valence-corrected chi connectivity index (χ3v) is 5.85. The molecule has 1 aromatic heterocycles. The number of benzene rings is 2. The summed E-state index contributed by atoms with van der Waals surface area (Å²) >= 11 is 1.13. The number of carbonyl (C=O) groups is 1. The first-order valence-electron chi connectivity index (χ1n) is 9.51. The minimum absolute atomic E-state index is 0.0934. The van der Waals surface area contributed by atoms with Crippen molar-refractivity contribution in [1.82, 2.24) is 9.88 Å². The molecule has 160 valence electrons. The van der Waals surface area contributed by atoms with Crippen LogP contribution in [0.1, 0.15) is 29.8 Å². The van der Waals surface area contributed by atoms with Gasteiger partial charge in [-0.05, 0) is 43.4 Å². The molecule has 0 radical (unpaired) electrons. The zero-order valence-electron chi connectivity index (χ0n) is 16.5. The number of para-hydroxylation sites is 1. The molecule has 0 spiro atoms. The largest absolute Gasteiger partial charge is 0.416 e. The number of aromatic nitrogens is 1. The van der Waals surface area contributed by atoms with Crippen LogP contribution in [-0.2, 0) is 6.18 Å². The summed E-state index contributed by atoms with van der Waals surface area (Å²) in [5.74, 6) is -1.11. The van der Waals surface area contributed by atoms with Crippen molar-refractivity contribution in [2.45, 2.75) is 20.0 Å². The van der Waals surface area contributed by atoms with Crippen molar-refractivity contribution in [3.8, 4) is 0 Å². The Morgan fingerprint density at radius 2 is 1.77 bits per heavy atom. The number of halogens is 4. The second kappa shape index (κ2) is 9.09. The third kappa shape index (κ3) is 4.79. The molecule has 3 rings (SSSR count). The molecule has 1 heterocycles. The fraction of sp³-hybridized carbons (Fsp3) is 0.333. The lowest BCUT2D eigenvalue weighted by molar-refractivity contribution is -0.137. The second-order valence-electron chi connectivity index (χ2n) is 6.65. The van der Waals surface area contributed by atoms with E-state index in [9.17, 15) is 22.4 Å². The van der Waals surface area contributed by atoms with Crippen LogP contribution in [0.25, 0.3) is 10.2 Å². The smallest absolute Gasteiger partial charge is 0.302 e. The van der Waals surface area contributed by atoms with Gasteiger partial charge in [-0.15, -0.1) is 0 Å². The number of amides is 1. The van der Waals surface area contributed by atoms with Crippen LogP contribution in [0, 0.1) is 5.82 Å². The normalized spacial score (nSPS) is 12.0. The van der Waals surface area contributed by atoms with Crippen molar-refractivity contribution < 1.29 is 22.4 Å². The van der Waals surface area contributed by atoms with Gasteiger partial charge in [-0.1, -0.05) is 37.3 Å². The molecular formula is C21H21F4N3OS. The van der Waals surface area contributed by atoms with Crippen molar-refractivity contribution in [3.63, 3.8) is 0 Å². The van der Waals surface area contributed by atoms with Gasteiger partial charge < -0.3 is 4.90 Å². The molecule has 0 N–H and O–H groups in total. The van der Waals surface area contributed by atoms with Gasteiger partial charge in [-0.2, -0.15) is 13.2 Å². The van der Waals surface area contributed by atoms with Gasteiger partial charge in [-0.25, -0.2) is 9.37 Å². The van der Waals surface area contributed by atoms with Crippen molar-refractivity contribution in [1.29, 1.82) is 0 Å². The Kier molecular flexibility index (Phi) is 6.72. The topological polar surface area (TPSA) is 36.4 Å². The molecule has 9 heteroatoms. The number of alkyl halides is 3. The Morgan fingerprint density at radius 3 is 2.40 bits per heavy atom. The van der Waals surface area contributed by atoms with Gasteiger partial charge in [0.1, 0.15) is 11.3 Å². The summed E-state index contributed by atoms with van der Waals surface area (Å²) in [6.07, 6.45) is -4.55. The SMILES string of the molecule is CCN(CC)CCN(C(=O)c1cccc(C(F)(F)F)c1)c1nc2c(F)cccc2s1. The zero-order valence-corrected chi connectivity index (χ0v) is 17.4. The summed E-state index contributed by atoms with van der Waals surface area (Å²) < 4.78 is 54.0. The van der Waals surface area contributed by atoms with Crippen molar-refractivity contribution in [2.75, 3.05) is 31.1 Å². The zero-order chi connectivity index (χ0) is 21.9. The molecule has 0 atom stereocenters. The fourth-order valence-electron chi connectivity index (χ4n) is 3.07. The number of thiazole rings is 1. The number of likely N-dealkylation sites (N-methyl/N-ethyl adjacent to an activating group) is 1. The van der Waals surface area contributed by atoms with Gasteiger partial charge in [-0.3, -0.25) is 9.69 Å². The van der Waals surface area contributed by atoms with Crippen LogP contribution < -0.4 is 4.90 Å². The lowest BCUT2D eigenvalue weighted by Gasteiger charge is -2.25. The molecule has 0 fully saturated rings. The number of carbonyl (C=O) groups excluding carboxylic acids is 1. The number of fused-ring (bicyclic) bond motifs is 1. The average Bonchev–Trinajstić information content (AvgIpc) is 3.16. The lowest BCUT2D eigenvalue weighted by atomic mass is 10.1. The first-order valence-corrected chi connectivity index (χ1v) is 10.3. The Bertz CT molecular complexity index is 1030. The predicted molar refractivity (Wildman–Crippen MR) is 110 cm³/mol. The van der Waals surface area contributed by atoms with Crippen molar-refractivity contribution >= 4 is 32.6 Å². The van der Waals surface area contributed by atoms with Gasteiger partial charge in [0.25, 0.3) is 5.91 Å². The van der Waals surface area contributed by atoms with Crippen molar-refractivity contribution in [2.24, 2.45) is 0 Å². The number of hydrogen-bond acceptors (Lipinski definition) is 4. The van der Waals surface area contributed by atoms with E-state index < -0.39 is 23.5 Å². The van der Waals surface area contributed by atoms with Crippen LogP contribution in [0.15, 0.2) is 42.5 Å². The third-order valence-electron chi connectivity index (χ3n) is 4.81. The molecule has 0 aliphatic heterocycles. The first kappa shape index (κ1) is 22.2. The molecule has 4 nitrogen and oxygen atoms in total. The molecule has 30 heavy (non-hydrogen) atoms. The summed E-state index contributed by atoms with van der Waals surface area (Å²) in [5, 5.41) is 0.254. The van der Waals surface area contributed by atoms with E-state index in [1.165, 1.54) is 23.1 Å². The standard InChI is InChI=1S/C21H21F4N3OS/c1-3-27(4-2)11-12-28(20-26-18-16(22)9-6-10-17(18)30-20)19(29)14-7-5-8-15(13-14)21(23,24)25/h5-10,13H,3-4,11-12H2,1-2H3. The maximum Gasteiger partial charge on any atom is 0.416 e. The van der Waals surface area contributed by atoms with E-state index in [1.807, 2.05) is 13.8 Å². The Balaban J connectivity index is 2.00. The highest BCUT2D eigenvalue weighted by molar-refractivity contribution is 7.22. The molecule has 0 saturated carbocycles. The van der Waals surface area contributed by atoms with Crippen LogP contribution in [0.3, 0.4) is 0 Å². The van der Waals surface area contributed by atoms with Gasteiger partial charge in [0, 0.05) is 18.7 Å². The predicted octanol–water partition coefficient (Wildman–Crippen LogP) is 5.44. The highest BCUT2D eigenvalue weighted by Crippen LogP contribution is 2.33. The van der Waals surface area contributed by atoms with Gasteiger partial charge in [0.2, 0.25) is 0 Å². The molecular weight excluding hydrogens is 418 g/mol. The summed E-state index contributed by atoms with van der Waals surface area (Å²) in [7, 11) is 0. The van der Waals surface area contributed by atoms with E-state index in [0.717, 1.165) is 36.6 Å². The highest BCUT2D eigenvalue weighted by Gasteiger charge is 2.32. The molecule has 0 unspecified atom stereocenters. The average molecular weight is 439 g/mol. The number of rotatable bonds is 7. The molecule has 0 bridgehead atoms. The summed E-state index contributed by atoms with van der Waals surface area (Å²) in [4.78, 5) is 20.9. The number of hydrogen-bond donors (Lipinski definition) is 0. The fourth-order valence-corrected chi connectivity index (χ4v) is 4.07. The van der Waals surface area contributed by atoms with E-state index in [0.29, 0.717) is 11.2 Å². The number of nitrogens with zero attached hydrogens (tertiary/aromatic N) is 3. The summed E-state index contributed by atoms with van der Waals surface area (Å²) in [6, 6.07) is 8.82. The van der Waals surface area contributed by atoms with E-state index in [2.05, 4.69) is 9.88 Å². The molecule has 2 aromatic carbocycles. The maximum absolute atomic E-state index is 14.1. The lowest BCUT2D eigenvalue weighted by Crippen LogP contribution is -2.39. The van der Waals surface area contributed by atoms with Crippen molar-refractivity contribution in [3.05, 3.63) is 59.4 Å². The molecule has 3 aromatic rings. The Labute approximate surface area is 175 Å². The minimum Gasteiger partial charge on any atom is -0.302 e. The van der Waals surface area contributed by atoms with Gasteiger partial charge in [0.05, 0.1) is 10.3 Å². The van der Waals surface area contributed by atoms with Gasteiger partial charge in [0.15, 0.2) is 5.13 Å². The van der Waals surface area contributed by atoms with E-state index in [1.54, 1.807) is 12.1 Å². The van der Waals surface area contributed by atoms with Crippen LogP contribution in [-0.4, -0.2) is 42.0 Å². The monoisotopic (exact) mass is 439 g/mol. The highest BCUT2D eigenvalue weighted by atomic mass is 32.1. The second-order valence-corrected chi connectivity index (χ2v) is 7.65. The van der Waals surface area contributed by atoms with E-state index in [-0.39, 0.29) is 22.8 Å². The molecule has 0 saturated heterocycles. The van der Waals surface area contributed by atoms with Gasteiger partial charge >= 0.3 is 6.18 Å². The van der Waals surface area contributed by atoms with E-state index >= 15 is 0 Å². The Hall–Kier alpha value is -2.52. The quantitative estimate of drug-likeness (QED) is 0.460. The Morgan fingerprint density at radius 1 is 1.07 bits per heavy atom. The summed E-state index contributed by atoms with van der Waals surface area (Å²) in [5.41, 5.74) is -0.848. The minimum atomic E-state index is -4.55. The molecule has 0 aliphatic carbocycles. The van der Waals surface area contributed by atoms with Crippen LogP contribution in [0.2, 0.25) is 0 Å². The summed E-state index contributed by atoms with van der Waals surface area (Å²) in [6.45, 7) is 6.21. The van der Waals surface area contributed by atoms with Crippen LogP contribution in [0.4, 0.5) is 22.7 Å².